The van der Waals surface area contributed by atoms with Crippen LogP contribution in [0.15, 0.2) is 0 Å². The normalized spacial score (nSPS) is 36.2. The Bertz CT molecular complexity index is 444. The molecule has 4 rings (SSSR count). The molecule has 0 radical (unpaired) electrons. The lowest BCUT2D eigenvalue weighted by atomic mass is 9.78. The van der Waals surface area contributed by atoms with E-state index in [1.165, 1.54) is 51.5 Å². The molecule has 0 aromatic heterocycles. The Labute approximate surface area is 145 Å². The summed E-state index contributed by atoms with van der Waals surface area (Å²) in [6.45, 7) is 3.20. The first-order valence-corrected chi connectivity index (χ1v) is 10.2. The van der Waals surface area contributed by atoms with Gasteiger partial charge < -0.3 is 20.3 Å². The molecule has 1 spiro atoms. The summed E-state index contributed by atoms with van der Waals surface area (Å²) in [4.78, 5) is 15.1. The largest absolute Gasteiger partial charge is 0.375 e. The summed E-state index contributed by atoms with van der Waals surface area (Å²) in [6, 6.07) is 1.39. The van der Waals surface area contributed by atoms with Gasteiger partial charge in [0.25, 0.3) is 0 Å². The minimum Gasteiger partial charge on any atom is -0.375 e. The van der Waals surface area contributed by atoms with Crippen molar-refractivity contribution in [3.63, 3.8) is 0 Å². The third-order valence-electron chi connectivity index (χ3n) is 6.75. The first-order chi connectivity index (χ1) is 11.7. The van der Waals surface area contributed by atoms with Crippen LogP contribution in [-0.2, 0) is 4.74 Å². The zero-order valence-corrected chi connectivity index (χ0v) is 14.9. The topological polar surface area (TPSA) is 53.6 Å². The highest BCUT2D eigenvalue weighted by molar-refractivity contribution is 5.74. The zero-order valence-electron chi connectivity index (χ0n) is 14.9. The third-order valence-corrected chi connectivity index (χ3v) is 6.75. The number of nitrogens with one attached hydrogen (secondary N) is 2. The van der Waals surface area contributed by atoms with Crippen LogP contribution in [0, 0.1) is 0 Å². The van der Waals surface area contributed by atoms with Gasteiger partial charge in [-0.3, -0.25) is 0 Å². The number of carbonyl (C=O) groups excluding carboxylic acids is 1. The smallest absolute Gasteiger partial charge is 0.315 e. The van der Waals surface area contributed by atoms with Crippen molar-refractivity contribution in [2.45, 2.75) is 94.4 Å². The number of ether oxygens (including phenoxy) is 1. The van der Waals surface area contributed by atoms with Crippen molar-refractivity contribution >= 4 is 6.03 Å². The van der Waals surface area contributed by atoms with Gasteiger partial charge in [-0.15, -0.1) is 0 Å². The molecule has 0 bridgehead atoms. The van der Waals surface area contributed by atoms with Crippen LogP contribution in [-0.4, -0.2) is 54.4 Å². The van der Waals surface area contributed by atoms with Crippen LogP contribution >= 0.6 is 0 Å². The van der Waals surface area contributed by atoms with Gasteiger partial charge in [0.05, 0.1) is 5.60 Å². The van der Waals surface area contributed by atoms with Crippen LogP contribution in [0.5, 0.6) is 0 Å². The summed E-state index contributed by atoms with van der Waals surface area (Å²) in [5, 5.41) is 6.51. The third kappa shape index (κ3) is 3.72. The maximum Gasteiger partial charge on any atom is 0.315 e. The molecule has 5 nitrogen and oxygen atoms in total. The van der Waals surface area contributed by atoms with E-state index in [2.05, 4.69) is 15.5 Å². The lowest BCUT2D eigenvalue weighted by Gasteiger charge is -2.43. The zero-order chi connectivity index (χ0) is 16.4. The van der Waals surface area contributed by atoms with E-state index in [9.17, 15) is 4.79 Å². The van der Waals surface area contributed by atoms with E-state index in [4.69, 9.17) is 4.74 Å². The molecule has 24 heavy (non-hydrogen) atoms. The van der Waals surface area contributed by atoms with Crippen LogP contribution < -0.4 is 10.6 Å². The number of amides is 2. The fourth-order valence-electron chi connectivity index (χ4n) is 5.46. The van der Waals surface area contributed by atoms with Gasteiger partial charge in [-0.05, 0) is 57.9 Å². The molecule has 1 aliphatic carbocycles. The average Bonchev–Trinajstić information content (AvgIpc) is 3.03. The molecule has 4 fully saturated rings. The molecule has 3 saturated heterocycles. The summed E-state index contributed by atoms with van der Waals surface area (Å²) in [5.74, 6) is 0. The molecule has 2 N–H and O–H groups in total. The van der Waals surface area contributed by atoms with Crippen LogP contribution in [0.4, 0.5) is 4.79 Å². The number of nitrogens with zero attached hydrogens (tertiary/aromatic N) is 1. The standard InChI is InChI=1S/C19H33N3O2/c23-18(20-15-6-11-22-10-4-5-17(22)13-15)21-16-7-12-24-19(14-16)8-2-1-3-9-19/h15-17H,1-14H2,(H2,20,21,23)/t15-,16-,17+/m1/s1. The minimum atomic E-state index is 0.0457. The second kappa shape index (κ2) is 7.20. The van der Waals surface area contributed by atoms with Crippen LogP contribution in [0.2, 0.25) is 0 Å². The molecule has 4 aliphatic rings. The highest BCUT2D eigenvalue weighted by Crippen LogP contribution is 2.38. The fourth-order valence-corrected chi connectivity index (χ4v) is 5.46. The summed E-state index contributed by atoms with van der Waals surface area (Å²) < 4.78 is 6.14. The molecular formula is C19H33N3O2. The summed E-state index contributed by atoms with van der Waals surface area (Å²) in [6.07, 6.45) is 13.1. The quantitative estimate of drug-likeness (QED) is 0.816. The van der Waals surface area contributed by atoms with Crippen molar-refractivity contribution in [3.8, 4) is 0 Å². The van der Waals surface area contributed by atoms with Gasteiger partial charge in [-0.2, -0.15) is 0 Å². The van der Waals surface area contributed by atoms with Gasteiger partial charge in [-0.25, -0.2) is 4.79 Å². The molecule has 3 atom stereocenters. The molecule has 0 unspecified atom stereocenters. The van der Waals surface area contributed by atoms with Crippen molar-refractivity contribution in [2.24, 2.45) is 0 Å². The van der Waals surface area contributed by atoms with E-state index in [0.717, 1.165) is 38.8 Å². The van der Waals surface area contributed by atoms with Crippen LogP contribution in [0.25, 0.3) is 0 Å². The van der Waals surface area contributed by atoms with Crippen LogP contribution in [0.3, 0.4) is 0 Å². The Morgan fingerprint density at radius 2 is 1.79 bits per heavy atom. The van der Waals surface area contributed by atoms with Crippen molar-refractivity contribution in [3.05, 3.63) is 0 Å². The summed E-state index contributed by atoms with van der Waals surface area (Å²) in [5.41, 5.74) is 0.0592. The Kier molecular flexibility index (Phi) is 5.00. The first kappa shape index (κ1) is 16.6. The second-order valence-electron chi connectivity index (χ2n) is 8.45. The highest BCUT2D eigenvalue weighted by atomic mass is 16.5. The number of carbonyl (C=O) groups is 1. The van der Waals surface area contributed by atoms with Crippen molar-refractivity contribution in [2.75, 3.05) is 19.7 Å². The molecule has 1 saturated carbocycles. The molecule has 0 aromatic rings. The Morgan fingerprint density at radius 1 is 0.958 bits per heavy atom. The minimum absolute atomic E-state index is 0.0457. The van der Waals surface area contributed by atoms with Crippen LogP contribution in [0.1, 0.15) is 70.6 Å². The van der Waals surface area contributed by atoms with Gasteiger partial charge in [0.15, 0.2) is 0 Å². The lowest BCUT2D eigenvalue weighted by Crippen LogP contribution is -2.54. The molecule has 0 aromatic carbocycles. The lowest BCUT2D eigenvalue weighted by molar-refractivity contribution is -0.107. The van der Waals surface area contributed by atoms with Gasteiger partial charge in [0.1, 0.15) is 0 Å². The highest BCUT2D eigenvalue weighted by Gasteiger charge is 2.39. The number of hydrogen-bond donors (Lipinski definition) is 2. The molecule has 5 heteroatoms. The molecular weight excluding hydrogens is 302 g/mol. The van der Waals surface area contributed by atoms with Crippen molar-refractivity contribution in [1.29, 1.82) is 0 Å². The van der Waals surface area contributed by atoms with Crippen molar-refractivity contribution in [1.82, 2.24) is 15.5 Å². The maximum atomic E-state index is 12.5. The Hall–Kier alpha value is -0.810. The second-order valence-corrected chi connectivity index (χ2v) is 8.45. The monoisotopic (exact) mass is 335 g/mol. The summed E-state index contributed by atoms with van der Waals surface area (Å²) in [7, 11) is 0. The van der Waals surface area contributed by atoms with E-state index >= 15 is 0 Å². The van der Waals surface area contributed by atoms with Crippen molar-refractivity contribution < 1.29 is 9.53 Å². The number of fused-ring (bicyclic) bond motifs is 1. The maximum absolute atomic E-state index is 12.5. The van der Waals surface area contributed by atoms with E-state index in [-0.39, 0.29) is 17.7 Å². The first-order valence-electron chi connectivity index (χ1n) is 10.2. The molecule has 136 valence electrons. The SMILES string of the molecule is O=C(N[C@@H]1CCN2CCC[C@H]2C1)N[C@@H]1CCOC2(CCCCC2)C1. The molecule has 2 amide bonds. The predicted molar refractivity (Wildman–Crippen MR) is 94.1 cm³/mol. The fraction of sp³-hybridized carbons (Fsp3) is 0.947. The van der Waals surface area contributed by atoms with E-state index in [1.54, 1.807) is 0 Å². The summed E-state index contributed by atoms with van der Waals surface area (Å²) >= 11 is 0. The number of rotatable bonds is 2. The van der Waals surface area contributed by atoms with Gasteiger partial charge in [-0.1, -0.05) is 19.3 Å². The number of hydrogen-bond acceptors (Lipinski definition) is 3. The number of piperidine rings is 1. The Balaban J connectivity index is 1.25. The van der Waals surface area contributed by atoms with Gasteiger partial charge >= 0.3 is 6.03 Å². The van der Waals surface area contributed by atoms with E-state index in [1.807, 2.05) is 0 Å². The van der Waals surface area contributed by atoms with E-state index in [0.29, 0.717) is 12.1 Å². The van der Waals surface area contributed by atoms with Gasteiger partial charge in [0, 0.05) is 31.3 Å². The van der Waals surface area contributed by atoms with E-state index < -0.39 is 0 Å². The van der Waals surface area contributed by atoms with Gasteiger partial charge in [0.2, 0.25) is 0 Å². The Morgan fingerprint density at radius 3 is 2.67 bits per heavy atom. The molecule has 3 heterocycles. The average molecular weight is 335 g/mol. The molecule has 3 aliphatic heterocycles. The number of urea groups is 1. The predicted octanol–water partition coefficient (Wildman–Crippen LogP) is 2.79.